The first-order chi connectivity index (χ1) is 8.45. The van der Waals surface area contributed by atoms with E-state index >= 15 is 0 Å². The van der Waals surface area contributed by atoms with E-state index in [2.05, 4.69) is 10.6 Å². The Morgan fingerprint density at radius 2 is 2.33 bits per heavy atom. The standard InChI is InChI=1S/C12H14ClN3O2/c1-6(14)2-11(17)16-10-3-7-4-12(18)15-9(7)5-8(10)13/h3,5-6H,2,4,14H2,1H3,(H,15,18)(H,16,17). The summed E-state index contributed by atoms with van der Waals surface area (Å²) < 4.78 is 0. The Morgan fingerprint density at radius 1 is 1.61 bits per heavy atom. The van der Waals surface area contributed by atoms with Gasteiger partial charge in [0, 0.05) is 18.2 Å². The normalized spacial score (nSPS) is 14.9. The average Bonchev–Trinajstić information content (AvgIpc) is 2.56. The van der Waals surface area contributed by atoms with Gasteiger partial charge in [0.2, 0.25) is 11.8 Å². The van der Waals surface area contributed by atoms with Crippen LogP contribution in [0.4, 0.5) is 11.4 Å². The van der Waals surface area contributed by atoms with Crippen molar-refractivity contribution in [3.63, 3.8) is 0 Å². The van der Waals surface area contributed by atoms with E-state index in [0.29, 0.717) is 22.8 Å². The molecule has 1 heterocycles. The zero-order valence-electron chi connectivity index (χ0n) is 9.92. The molecule has 1 aromatic rings. The van der Waals surface area contributed by atoms with E-state index in [1.165, 1.54) is 0 Å². The molecule has 0 aromatic heterocycles. The first kappa shape index (κ1) is 12.9. The van der Waals surface area contributed by atoms with Gasteiger partial charge in [0.05, 0.1) is 17.1 Å². The molecule has 96 valence electrons. The van der Waals surface area contributed by atoms with Gasteiger partial charge in [0.15, 0.2) is 0 Å². The van der Waals surface area contributed by atoms with Gasteiger partial charge < -0.3 is 16.4 Å². The van der Waals surface area contributed by atoms with Crippen molar-refractivity contribution in [3.8, 4) is 0 Å². The van der Waals surface area contributed by atoms with Gasteiger partial charge in [-0.2, -0.15) is 0 Å². The van der Waals surface area contributed by atoms with Crippen LogP contribution in [0.2, 0.25) is 5.02 Å². The Bertz CT molecular complexity index is 514. The number of nitrogens with one attached hydrogen (secondary N) is 2. The molecule has 0 saturated carbocycles. The van der Waals surface area contributed by atoms with Crippen LogP contribution in [0.15, 0.2) is 12.1 Å². The van der Waals surface area contributed by atoms with E-state index in [4.69, 9.17) is 17.3 Å². The summed E-state index contributed by atoms with van der Waals surface area (Å²) in [5.74, 6) is -0.260. The molecule has 2 rings (SSSR count). The molecule has 0 fully saturated rings. The molecular formula is C12H14ClN3O2. The third kappa shape index (κ3) is 2.80. The lowest BCUT2D eigenvalue weighted by atomic mass is 10.1. The Hall–Kier alpha value is -1.59. The second-order valence-electron chi connectivity index (χ2n) is 4.44. The minimum absolute atomic E-state index is 0.0693. The van der Waals surface area contributed by atoms with Gasteiger partial charge in [0.1, 0.15) is 0 Å². The number of nitrogens with two attached hydrogens (primary N) is 1. The van der Waals surface area contributed by atoms with Crippen LogP contribution in [0.1, 0.15) is 18.9 Å². The highest BCUT2D eigenvalue weighted by Crippen LogP contribution is 2.32. The van der Waals surface area contributed by atoms with Crippen LogP contribution >= 0.6 is 11.6 Å². The van der Waals surface area contributed by atoms with Crippen molar-refractivity contribution >= 4 is 34.8 Å². The van der Waals surface area contributed by atoms with E-state index in [1.807, 2.05) is 0 Å². The van der Waals surface area contributed by atoms with Crippen molar-refractivity contribution in [2.24, 2.45) is 5.73 Å². The predicted molar refractivity (Wildman–Crippen MR) is 70.7 cm³/mol. The molecule has 6 heteroatoms. The van der Waals surface area contributed by atoms with Gasteiger partial charge in [0.25, 0.3) is 0 Å². The molecule has 0 aliphatic carbocycles. The molecule has 0 radical (unpaired) electrons. The molecule has 1 aliphatic rings. The molecule has 5 nitrogen and oxygen atoms in total. The molecule has 18 heavy (non-hydrogen) atoms. The Morgan fingerprint density at radius 3 is 3.00 bits per heavy atom. The zero-order valence-corrected chi connectivity index (χ0v) is 10.7. The minimum Gasteiger partial charge on any atom is -0.327 e. The summed E-state index contributed by atoms with van der Waals surface area (Å²) in [6.07, 6.45) is 0.535. The maximum absolute atomic E-state index is 11.6. The van der Waals surface area contributed by atoms with Crippen molar-refractivity contribution < 1.29 is 9.59 Å². The number of amides is 2. The number of hydrogen-bond donors (Lipinski definition) is 3. The van der Waals surface area contributed by atoms with E-state index in [0.717, 1.165) is 5.56 Å². The lowest BCUT2D eigenvalue weighted by Gasteiger charge is -2.10. The van der Waals surface area contributed by atoms with Gasteiger partial charge in [-0.15, -0.1) is 0 Å². The van der Waals surface area contributed by atoms with Crippen LogP contribution in [0.5, 0.6) is 0 Å². The number of hydrogen-bond acceptors (Lipinski definition) is 3. The number of fused-ring (bicyclic) bond motifs is 1. The lowest BCUT2D eigenvalue weighted by Crippen LogP contribution is -2.24. The highest BCUT2D eigenvalue weighted by molar-refractivity contribution is 6.34. The summed E-state index contributed by atoms with van der Waals surface area (Å²) in [5, 5.41) is 5.79. The van der Waals surface area contributed by atoms with Gasteiger partial charge in [-0.3, -0.25) is 9.59 Å². The van der Waals surface area contributed by atoms with Crippen LogP contribution in [0.3, 0.4) is 0 Å². The molecule has 1 aliphatic heterocycles. The van der Waals surface area contributed by atoms with Crippen LogP contribution in [-0.2, 0) is 16.0 Å². The van der Waals surface area contributed by atoms with Gasteiger partial charge in [-0.1, -0.05) is 11.6 Å². The second kappa shape index (κ2) is 4.96. The maximum Gasteiger partial charge on any atom is 0.228 e. The highest BCUT2D eigenvalue weighted by atomic mass is 35.5. The minimum atomic E-state index is -0.207. The number of carbonyl (C=O) groups excluding carboxylic acids is 2. The van der Waals surface area contributed by atoms with E-state index in [9.17, 15) is 9.59 Å². The van der Waals surface area contributed by atoms with Gasteiger partial charge in [-0.05, 0) is 24.6 Å². The van der Waals surface area contributed by atoms with Gasteiger partial charge >= 0.3 is 0 Å². The summed E-state index contributed by atoms with van der Waals surface area (Å²) in [5.41, 5.74) is 7.59. The van der Waals surface area contributed by atoms with E-state index < -0.39 is 0 Å². The van der Waals surface area contributed by atoms with E-state index in [-0.39, 0.29) is 24.3 Å². The largest absolute Gasteiger partial charge is 0.327 e. The molecular weight excluding hydrogens is 254 g/mol. The van der Waals surface area contributed by atoms with Crippen LogP contribution < -0.4 is 16.4 Å². The van der Waals surface area contributed by atoms with Gasteiger partial charge in [-0.25, -0.2) is 0 Å². The van der Waals surface area contributed by atoms with Crippen molar-refractivity contribution in [1.29, 1.82) is 0 Å². The molecule has 2 amide bonds. The molecule has 1 unspecified atom stereocenters. The van der Waals surface area contributed by atoms with Crippen molar-refractivity contribution in [3.05, 3.63) is 22.7 Å². The molecule has 1 aromatic carbocycles. The predicted octanol–water partition coefficient (Wildman–Crippen LogP) is 1.51. The fourth-order valence-corrected chi connectivity index (χ4v) is 2.05. The van der Waals surface area contributed by atoms with Crippen molar-refractivity contribution in [2.45, 2.75) is 25.8 Å². The number of rotatable bonds is 3. The zero-order chi connectivity index (χ0) is 13.3. The molecule has 0 saturated heterocycles. The van der Waals surface area contributed by atoms with E-state index in [1.54, 1.807) is 19.1 Å². The third-order valence-corrected chi connectivity index (χ3v) is 2.91. The molecule has 0 spiro atoms. The first-order valence-corrected chi connectivity index (χ1v) is 6.01. The quantitative estimate of drug-likeness (QED) is 0.776. The van der Waals surface area contributed by atoms with Crippen LogP contribution in [0.25, 0.3) is 0 Å². The Balaban J connectivity index is 2.17. The Labute approximate surface area is 110 Å². The molecule has 4 N–H and O–H groups in total. The fraction of sp³-hybridized carbons (Fsp3) is 0.333. The fourth-order valence-electron chi connectivity index (χ4n) is 1.84. The number of anilines is 2. The van der Waals surface area contributed by atoms with Crippen molar-refractivity contribution in [1.82, 2.24) is 0 Å². The third-order valence-electron chi connectivity index (χ3n) is 2.60. The molecule has 0 bridgehead atoms. The summed E-state index contributed by atoms with van der Waals surface area (Å²) in [6.45, 7) is 1.76. The number of carbonyl (C=O) groups is 2. The summed E-state index contributed by atoms with van der Waals surface area (Å²) >= 11 is 6.04. The van der Waals surface area contributed by atoms with Crippen molar-refractivity contribution in [2.75, 3.05) is 10.6 Å². The summed E-state index contributed by atoms with van der Waals surface area (Å²) in [7, 11) is 0. The summed E-state index contributed by atoms with van der Waals surface area (Å²) in [6, 6.07) is 3.15. The molecule has 1 atom stereocenters. The Kier molecular flexibility index (Phi) is 3.54. The average molecular weight is 268 g/mol. The lowest BCUT2D eigenvalue weighted by molar-refractivity contribution is -0.116. The SMILES string of the molecule is CC(N)CC(=O)Nc1cc2c(cc1Cl)NC(=O)C2. The van der Waals surface area contributed by atoms with Crippen LogP contribution in [0, 0.1) is 0 Å². The highest BCUT2D eigenvalue weighted by Gasteiger charge is 2.20. The topological polar surface area (TPSA) is 84.2 Å². The number of halogens is 1. The number of benzene rings is 1. The monoisotopic (exact) mass is 267 g/mol. The second-order valence-corrected chi connectivity index (χ2v) is 4.85. The van der Waals surface area contributed by atoms with Crippen LogP contribution in [-0.4, -0.2) is 17.9 Å². The maximum atomic E-state index is 11.6. The summed E-state index contributed by atoms with van der Waals surface area (Å²) in [4.78, 5) is 22.8. The first-order valence-electron chi connectivity index (χ1n) is 5.63. The smallest absolute Gasteiger partial charge is 0.228 e.